The highest BCUT2D eigenvalue weighted by Gasteiger charge is 2.48. The zero-order valence-electron chi connectivity index (χ0n) is 19.3. The quantitative estimate of drug-likeness (QED) is 0.662. The van der Waals surface area contributed by atoms with E-state index in [2.05, 4.69) is 35.3 Å². The van der Waals surface area contributed by atoms with Crippen molar-refractivity contribution in [2.75, 3.05) is 39.4 Å². The molecule has 0 aromatic heterocycles. The van der Waals surface area contributed by atoms with Crippen LogP contribution in [0.5, 0.6) is 0 Å². The summed E-state index contributed by atoms with van der Waals surface area (Å²) in [6, 6.07) is 15.9. The van der Waals surface area contributed by atoms with E-state index in [9.17, 15) is 9.59 Å². The number of fused-ring (bicyclic) bond motifs is 1. The Labute approximate surface area is 195 Å². The van der Waals surface area contributed by atoms with Gasteiger partial charge in [0, 0.05) is 31.2 Å². The first-order valence-electron chi connectivity index (χ1n) is 12.2. The van der Waals surface area contributed by atoms with Crippen LogP contribution in [0.1, 0.15) is 58.3 Å². The molecule has 2 aromatic rings. The Morgan fingerprint density at radius 1 is 1.09 bits per heavy atom. The number of ether oxygens (including phenoxy) is 1. The third-order valence-electron chi connectivity index (χ3n) is 7.04. The number of rotatable bonds is 7. The number of hydrogen-bond acceptors (Lipinski definition) is 4. The van der Waals surface area contributed by atoms with E-state index < -0.39 is 5.92 Å². The van der Waals surface area contributed by atoms with Crippen molar-refractivity contribution in [3.63, 3.8) is 0 Å². The van der Waals surface area contributed by atoms with Gasteiger partial charge in [-0.3, -0.25) is 14.5 Å². The molecule has 0 bridgehead atoms. The number of amides is 2. The second-order valence-electron chi connectivity index (χ2n) is 9.47. The molecule has 0 unspecified atom stereocenters. The summed E-state index contributed by atoms with van der Waals surface area (Å²) in [5.41, 5.74) is 3.69. The van der Waals surface area contributed by atoms with E-state index in [-0.39, 0.29) is 23.9 Å². The highest BCUT2D eigenvalue weighted by Crippen LogP contribution is 2.47. The first kappa shape index (κ1) is 22.1. The summed E-state index contributed by atoms with van der Waals surface area (Å²) >= 11 is 0. The summed E-state index contributed by atoms with van der Waals surface area (Å²) in [6.45, 7) is 7.13. The van der Waals surface area contributed by atoms with E-state index in [0.29, 0.717) is 12.1 Å². The van der Waals surface area contributed by atoms with Crippen molar-refractivity contribution >= 4 is 11.8 Å². The summed E-state index contributed by atoms with van der Waals surface area (Å²) in [7, 11) is 0. The van der Waals surface area contributed by atoms with Crippen LogP contribution in [0.15, 0.2) is 48.5 Å². The molecule has 1 N–H and O–H groups in total. The third kappa shape index (κ3) is 4.68. The van der Waals surface area contributed by atoms with Gasteiger partial charge in [-0.05, 0) is 49.9 Å². The molecule has 6 nitrogen and oxygen atoms in total. The van der Waals surface area contributed by atoms with Gasteiger partial charge in [0.05, 0.1) is 25.2 Å². The number of carbonyl (C=O) groups is 2. The van der Waals surface area contributed by atoms with Crippen molar-refractivity contribution in [1.82, 2.24) is 15.1 Å². The average Bonchev–Trinajstić information content (AvgIpc) is 3.67. The van der Waals surface area contributed by atoms with Gasteiger partial charge in [-0.15, -0.1) is 0 Å². The number of morpholine rings is 1. The predicted molar refractivity (Wildman–Crippen MR) is 127 cm³/mol. The van der Waals surface area contributed by atoms with Gasteiger partial charge in [-0.2, -0.15) is 0 Å². The number of aryl methyl sites for hydroxylation is 1. The second kappa shape index (κ2) is 9.65. The lowest BCUT2D eigenvalue weighted by Crippen LogP contribution is -2.48. The standard InChI is InChI=1S/C27H33N3O3/c1-19-6-4-7-20(18-19)25-24(26(31)28-12-5-13-29-14-16-33-17-15-29)22-8-2-3-9-23(22)27(32)30(25)21-10-11-21/h2-4,6-9,18,21,24-25H,5,10-17H2,1H3,(H,28,31)/t24-,25+/m0/s1. The molecule has 5 rings (SSSR count). The van der Waals surface area contributed by atoms with Crippen molar-refractivity contribution in [1.29, 1.82) is 0 Å². The van der Waals surface area contributed by atoms with Crippen LogP contribution in [-0.4, -0.2) is 67.0 Å². The molecule has 6 heteroatoms. The topological polar surface area (TPSA) is 61.9 Å². The zero-order chi connectivity index (χ0) is 22.8. The molecule has 2 heterocycles. The van der Waals surface area contributed by atoms with E-state index >= 15 is 0 Å². The molecule has 174 valence electrons. The van der Waals surface area contributed by atoms with Crippen LogP contribution in [0.25, 0.3) is 0 Å². The van der Waals surface area contributed by atoms with Gasteiger partial charge >= 0.3 is 0 Å². The maximum absolute atomic E-state index is 13.7. The molecular weight excluding hydrogens is 414 g/mol. The van der Waals surface area contributed by atoms with E-state index in [0.717, 1.165) is 68.8 Å². The lowest BCUT2D eigenvalue weighted by Gasteiger charge is -2.42. The summed E-state index contributed by atoms with van der Waals surface area (Å²) in [5.74, 6) is -0.352. The fourth-order valence-electron chi connectivity index (χ4n) is 5.25. The lowest BCUT2D eigenvalue weighted by molar-refractivity contribution is -0.124. The molecule has 0 spiro atoms. The fourth-order valence-corrected chi connectivity index (χ4v) is 5.25. The van der Waals surface area contributed by atoms with Crippen molar-refractivity contribution in [2.24, 2.45) is 0 Å². The van der Waals surface area contributed by atoms with Gasteiger partial charge < -0.3 is 15.0 Å². The molecule has 3 aliphatic rings. The summed E-state index contributed by atoms with van der Waals surface area (Å²) < 4.78 is 5.42. The monoisotopic (exact) mass is 447 g/mol. The summed E-state index contributed by atoms with van der Waals surface area (Å²) in [6.07, 6.45) is 2.91. The Balaban J connectivity index is 1.41. The minimum absolute atomic E-state index is 0.00841. The Hall–Kier alpha value is -2.70. The van der Waals surface area contributed by atoms with Crippen LogP contribution in [-0.2, 0) is 9.53 Å². The Morgan fingerprint density at radius 3 is 2.64 bits per heavy atom. The van der Waals surface area contributed by atoms with Crippen LogP contribution in [0.2, 0.25) is 0 Å². The van der Waals surface area contributed by atoms with Gasteiger partial charge in [0.2, 0.25) is 5.91 Å². The maximum atomic E-state index is 13.7. The zero-order valence-corrected chi connectivity index (χ0v) is 19.3. The van der Waals surface area contributed by atoms with Crippen molar-refractivity contribution in [3.8, 4) is 0 Å². The average molecular weight is 448 g/mol. The third-order valence-corrected chi connectivity index (χ3v) is 7.04. The predicted octanol–water partition coefficient (Wildman–Crippen LogP) is 3.28. The highest BCUT2D eigenvalue weighted by atomic mass is 16.5. The van der Waals surface area contributed by atoms with E-state index in [1.807, 2.05) is 35.2 Å². The highest BCUT2D eigenvalue weighted by molar-refractivity contribution is 6.01. The number of benzene rings is 2. The fraction of sp³-hybridized carbons (Fsp3) is 0.481. The lowest BCUT2D eigenvalue weighted by atomic mass is 9.78. The van der Waals surface area contributed by atoms with Gasteiger partial charge in [-0.1, -0.05) is 48.0 Å². The Kier molecular flexibility index (Phi) is 6.47. The van der Waals surface area contributed by atoms with Crippen molar-refractivity contribution < 1.29 is 14.3 Å². The van der Waals surface area contributed by atoms with Gasteiger partial charge in [0.15, 0.2) is 0 Å². The van der Waals surface area contributed by atoms with Gasteiger partial charge in [0.1, 0.15) is 0 Å². The van der Waals surface area contributed by atoms with E-state index in [4.69, 9.17) is 4.74 Å². The number of carbonyl (C=O) groups excluding carboxylic acids is 2. The molecule has 2 fully saturated rings. The van der Waals surface area contributed by atoms with Crippen LogP contribution in [0.3, 0.4) is 0 Å². The normalized spacial score (nSPS) is 23.3. The second-order valence-corrected chi connectivity index (χ2v) is 9.47. The number of nitrogens with one attached hydrogen (secondary N) is 1. The number of nitrogens with zero attached hydrogens (tertiary/aromatic N) is 2. The van der Waals surface area contributed by atoms with E-state index in [1.165, 1.54) is 0 Å². The minimum Gasteiger partial charge on any atom is -0.379 e. The smallest absolute Gasteiger partial charge is 0.254 e. The van der Waals surface area contributed by atoms with Crippen LogP contribution in [0.4, 0.5) is 0 Å². The molecule has 33 heavy (non-hydrogen) atoms. The summed E-state index contributed by atoms with van der Waals surface area (Å²) in [4.78, 5) is 31.6. The van der Waals surface area contributed by atoms with Gasteiger partial charge in [0.25, 0.3) is 5.91 Å². The summed E-state index contributed by atoms with van der Waals surface area (Å²) in [5, 5.41) is 3.21. The molecule has 2 aliphatic heterocycles. The maximum Gasteiger partial charge on any atom is 0.254 e. The molecular formula is C27H33N3O3. The van der Waals surface area contributed by atoms with Crippen molar-refractivity contribution in [3.05, 3.63) is 70.8 Å². The van der Waals surface area contributed by atoms with Crippen LogP contribution >= 0.6 is 0 Å². The molecule has 1 saturated carbocycles. The molecule has 2 aromatic carbocycles. The van der Waals surface area contributed by atoms with Crippen LogP contribution < -0.4 is 5.32 Å². The largest absolute Gasteiger partial charge is 0.379 e. The molecule has 1 aliphatic carbocycles. The van der Waals surface area contributed by atoms with Crippen LogP contribution in [0, 0.1) is 6.92 Å². The minimum atomic E-state index is -0.412. The van der Waals surface area contributed by atoms with Crippen molar-refractivity contribution in [2.45, 2.75) is 44.2 Å². The van der Waals surface area contributed by atoms with Gasteiger partial charge in [-0.25, -0.2) is 0 Å². The first-order chi connectivity index (χ1) is 16.1. The Morgan fingerprint density at radius 2 is 1.88 bits per heavy atom. The Bertz CT molecular complexity index is 1010. The SMILES string of the molecule is Cc1cccc([C@@H]2[C@@H](C(=O)NCCCN3CCOCC3)c3ccccc3C(=O)N2C2CC2)c1. The molecule has 2 amide bonds. The van der Waals surface area contributed by atoms with E-state index in [1.54, 1.807) is 0 Å². The first-order valence-corrected chi connectivity index (χ1v) is 12.2. The molecule has 2 atom stereocenters. The number of hydrogen-bond donors (Lipinski definition) is 1. The molecule has 1 saturated heterocycles. The molecule has 0 radical (unpaired) electrons.